The zero-order chi connectivity index (χ0) is 20.2. The van der Waals surface area contributed by atoms with Gasteiger partial charge >= 0.3 is 5.97 Å². The average Bonchev–Trinajstić information content (AvgIpc) is 2.65. The van der Waals surface area contributed by atoms with Gasteiger partial charge in [0.05, 0.1) is 23.3 Å². The number of aryl methyl sites for hydroxylation is 1. The highest BCUT2D eigenvalue weighted by atomic mass is 32.2. The number of benzene rings is 2. The average molecular weight is 388 g/mol. The third kappa shape index (κ3) is 5.04. The number of carbonyl (C=O) groups excluding carboxylic acids is 2. The molecule has 0 fully saturated rings. The third-order valence-corrected chi connectivity index (χ3v) is 6.30. The monoisotopic (exact) mass is 388 g/mol. The minimum absolute atomic E-state index is 0.155. The van der Waals surface area contributed by atoms with E-state index in [2.05, 4.69) is 4.74 Å². The topological polar surface area (TPSA) is 77.5 Å². The van der Waals surface area contributed by atoms with Crippen molar-refractivity contribution in [2.24, 2.45) is 11.8 Å². The summed E-state index contributed by atoms with van der Waals surface area (Å²) in [5.41, 5.74) is 1.68. The molecule has 0 spiro atoms. The highest BCUT2D eigenvalue weighted by Gasteiger charge is 2.30. The second-order valence-electron chi connectivity index (χ2n) is 6.88. The molecule has 6 heteroatoms. The van der Waals surface area contributed by atoms with Crippen LogP contribution in [0.4, 0.5) is 0 Å². The van der Waals surface area contributed by atoms with Crippen LogP contribution in [0, 0.1) is 18.8 Å². The van der Waals surface area contributed by atoms with Gasteiger partial charge in [0.1, 0.15) is 0 Å². The number of ether oxygens (including phenoxy) is 1. The molecule has 0 heterocycles. The number of ketones is 1. The summed E-state index contributed by atoms with van der Waals surface area (Å²) in [5, 5.41) is 0. The van der Waals surface area contributed by atoms with Gasteiger partial charge in [-0.15, -0.1) is 0 Å². The number of rotatable bonds is 7. The molecule has 2 aromatic rings. The van der Waals surface area contributed by atoms with Gasteiger partial charge in [-0.2, -0.15) is 0 Å². The lowest BCUT2D eigenvalue weighted by Gasteiger charge is -2.20. The number of sulfone groups is 1. The molecule has 2 aromatic carbocycles. The molecular formula is C21H24O5S. The van der Waals surface area contributed by atoms with Crippen molar-refractivity contribution in [2.75, 3.05) is 12.9 Å². The van der Waals surface area contributed by atoms with Gasteiger partial charge in [0, 0.05) is 11.5 Å². The lowest BCUT2D eigenvalue weighted by Crippen LogP contribution is -2.28. The maximum Gasteiger partial charge on any atom is 0.337 e. The van der Waals surface area contributed by atoms with Gasteiger partial charge in [0.15, 0.2) is 15.6 Å². The molecule has 2 rings (SSSR count). The summed E-state index contributed by atoms with van der Waals surface area (Å²) < 4.78 is 30.2. The molecule has 0 aromatic heterocycles. The van der Waals surface area contributed by atoms with Crippen LogP contribution in [0.3, 0.4) is 0 Å². The van der Waals surface area contributed by atoms with E-state index in [4.69, 9.17) is 0 Å². The first-order valence-corrected chi connectivity index (χ1v) is 10.3. The predicted molar refractivity (Wildman–Crippen MR) is 104 cm³/mol. The summed E-state index contributed by atoms with van der Waals surface area (Å²) in [5.74, 6) is -1.84. The van der Waals surface area contributed by atoms with E-state index in [1.807, 2.05) is 20.8 Å². The van der Waals surface area contributed by atoms with E-state index < -0.39 is 21.7 Å². The fraction of sp³-hybridized carbons (Fsp3) is 0.333. The molecule has 1 atom stereocenters. The van der Waals surface area contributed by atoms with Crippen molar-refractivity contribution in [1.82, 2.24) is 0 Å². The summed E-state index contributed by atoms with van der Waals surface area (Å²) in [7, 11) is -2.31. The van der Waals surface area contributed by atoms with Crippen molar-refractivity contribution in [1.29, 1.82) is 0 Å². The maximum absolute atomic E-state index is 12.9. The number of methoxy groups -OCH3 is 1. The molecule has 0 aliphatic heterocycles. The SMILES string of the molecule is COC(=O)c1ccc(C(=O)C(CS(=O)(=O)c2ccc(C)cc2)C(C)C)cc1. The number of esters is 1. The highest BCUT2D eigenvalue weighted by Crippen LogP contribution is 2.24. The van der Waals surface area contributed by atoms with Crippen molar-refractivity contribution in [2.45, 2.75) is 25.7 Å². The third-order valence-electron chi connectivity index (χ3n) is 4.51. The Labute approximate surface area is 160 Å². The van der Waals surface area contributed by atoms with Crippen LogP contribution in [0.2, 0.25) is 0 Å². The first kappa shape index (κ1) is 20.8. The van der Waals surface area contributed by atoms with Crippen molar-refractivity contribution in [3.05, 3.63) is 65.2 Å². The van der Waals surface area contributed by atoms with Gasteiger partial charge in [-0.05, 0) is 37.1 Å². The van der Waals surface area contributed by atoms with Gasteiger partial charge in [0.25, 0.3) is 0 Å². The number of hydrogen-bond acceptors (Lipinski definition) is 5. The Hall–Kier alpha value is -2.47. The first-order valence-electron chi connectivity index (χ1n) is 8.67. The van der Waals surface area contributed by atoms with Crippen molar-refractivity contribution in [3.63, 3.8) is 0 Å². The summed E-state index contributed by atoms with van der Waals surface area (Å²) in [6, 6.07) is 12.7. The number of hydrogen-bond donors (Lipinski definition) is 0. The molecular weight excluding hydrogens is 364 g/mol. The highest BCUT2D eigenvalue weighted by molar-refractivity contribution is 7.91. The number of Topliss-reactive ketones (excluding diaryl/α,β-unsaturated/α-hetero) is 1. The summed E-state index contributed by atoms with van der Waals surface area (Å²) in [4.78, 5) is 24.7. The van der Waals surface area contributed by atoms with Crippen LogP contribution in [0.1, 0.15) is 40.1 Å². The van der Waals surface area contributed by atoms with E-state index in [9.17, 15) is 18.0 Å². The van der Waals surface area contributed by atoms with Gasteiger partial charge in [-0.3, -0.25) is 4.79 Å². The van der Waals surface area contributed by atoms with Crippen molar-refractivity contribution >= 4 is 21.6 Å². The van der Waals surface area contributed by atoms with Crippen molar-refractivity contribution < 1.29 is 22.7 Å². The minimum atomic E-state index is -3.59. The molecule has 5 nitrogen and oxygen atoms in total. The van der Waals surface area contributed by atoms with E-state index >= 15 is 0 Å². The van der Waals surface area contributed by atoms with E-state index in [-0.39, 0.29) is 22.3 Å². The molecule has 0 N–H and O–H groups in total. The summed E-state index contributed by atoms with van der Waals surface area (Å²) >= 11 is 0. The molecule has 0 saturated heterocycles. The number of carbonyl (C=O) groups is 2. The van der Waals surface area contributed by atoms with Gasteiger partial charge in [-0.1, -0.05) is 43.7 Å². The molecule has 144 valence electrons. The molecule has 27 heavy (non-hydrogen) atoms. The Bertz CT molecular complexity index is 910. The van der Waals surface area contributed by atoms with Gasteiger partial charge in [0.2, 0.25) is 0 Å². The van der Waals surface area contributed by atoms with E-state index in [0.717, 1.165) is 5.56 Å². The molecule has 0 aliphatic carbocycles. The lowest BCUT2D eigenvalue weighted by molar-refractivity contribution is 0.0600. The fourth-order valence-corrected chi connectivity index (χ4v) is 4.50. The standard InChI is InChI=1S/C21H24O5S/c1-14(2)19(13-27(24,25)18-11-5-15(3)6-12-18)20(22)16-7-9-17(10-8-16)21(23)26-4/h5-12,14,19H,13H2,1-4H3. The zero-order valence-electron chi connectivity index (χ0n) is 15.9. The first-order chi connectivity index (χ1) is 12.7. The molecule has 0 radical (unpaired) electrons. The van der Waals surface area contributed by atoms with E-state index in [0.29, 0.717) is 11.1 Å². The second kappa shape index (κ2) is 8.48. The molecule has 0 aliphatic rings. The fourth-order valence-electron chi connectivity index (χ4n) is 2.75. The lowest BCUT2D eigenvalue weighted by atomic mass is 9.89. The molecule has 0 bridgehead atoms. The Balaban J connectivity index is 2.27. The van der Waals surface area contributed by atoms with Crippen LogP contribution in [0.15, 0.2) is 53.4 Å². The van der Waals surface area contributed by atoms with Crippen LogP contribution >= 0.6 is 0 Å². The second-order valence-corrected chi connectivity index (χ2v) is 8.91. The Morgan fingerprint density at radius 1 is 0.926 bits per heavy atom. The van der Waals surface area contributed by atoms with Crippen LogP contribution in [-0.4, -0.2) is 33.0 Å². The largest absolute Gasteiger partial charge is 0.465 e. The molecule has 0 amide bonds. The normalized spacial score (nSPS) is 12.6. The van der Waals surface area contributed by atoms with Crippen LogP contribution in [0.5, 0.6) is 0 Å². The van der Waals surface area contributed by atoms with Crippen LogP contribution in [-0.2, 0) is 14.6 Å². The van der Waals surface area contributed by atoms with Gasteiger partial charge in [-0.25, -0.2) is 13.2 Å². The Morgan fingerprint density at radius 2 is 1.44 bits per heavy atom. The van der Waals surface area contributed by atoms with Crippen molar-refractivity contribution in [3.8, 4) is 0 Å². The summed E-state index contributed by atoms with van der Waals surface area (Å²) in [6.07, 6.45) is 0. The van der Waals surface area contributed by atoms with Crippen LogP contribution in [0.25, 0.3) is 0 Å². The maximum atomic E-state index is 12.9. The Kier molecular flexibility index (Phi) is 6.54. The zero-order valence-corrected chi connectivity index (χ0v) is 16.7. The van der Waals surface area contributed by atoms with E-state index in [1.54, 1.807) is 24.3 Å². The predicted octanol–water partition coefficient (Wildman–Crippen LogP) is 3.71. The smallest absolute Gasteiger partial charge is 0.337 e. The Morgan fingerprint density at radius 3 is 1.93 bits per heavy atom. The quantitative estimate of drug-likeness (QED) is 0.534. The van der Waals surface area contributed by atoms with Crippen LogP contribution < -0.4 is 0 Å². The molecule has 0 saturated carbocycles. The molecule has 1 unspecified atom stereocenters. The minimum Gasteiger partial charge on any atom is -0.465 e. The van der Waals surface area contributed by atoms with E-state index in [1.165, 1.54) is 31.4 Å². The summed E-state index contributed by atoms with van der Waals surface area (Å²) in [6.45, 7) is 5.54. The van der Waals surface area contributed by atoms with Gasteiger partial charge < -0.3 is 4.74 Å².